The molecule has 0 spiro atoms. The van der Waals surface area contributed by atoms with Gasteiger partial charge >= 0.3 is 6.03 Å². The van der Waals surface area contributed by atoms with E-state index in [1.54, 1.807) is 0 Å². The Morgan fingerprint density at radius 1 is 1.38 bits per heavy atom. The fourth-order valence-corrected chi connectivity index (χ4v) is 2.20. The molecule has 0 atom stereocenters. The fraction of sp³-hybridized carbons (Fsp3) is 0.385. The number of imide groups is 1. The van der Waals surface area contributed by atoms with Crippen LogP contribution in [0.25, 0.3) is 0 Å². The van der Waals surface area contributed by atoms with Gasteiger partial charge in [-0.2, -0.15) is 0 Å². The first-order valence-electron chi connectivity index (χ1n) is 6.27. The molecule has 1 rings (SSSR count). The molecule has 8 heteroatoms. The monoisotopic (exact) mass is 359 g/mol. The largest absolute Gasteiger partial charge is 0.493 e. The number of halogens is 1. The Morgan fingerprint density at radius 3 is 2.67 bits per heavy atom. The lowest BCUT2D eigenvalue weighted by Gasteiger charge is -2.14. The molecule has 21 heavy (non-hydrogen) atoms. The molecule has 0 fully saturated rings. The van der Waals surface area contributed by atoms with Crippen LogP contribution in [0.15, 0.2) is 16.6 Å². The van der Waals surface area contributed by atoms with E-state index in [-0.39, 0.29) is 6.61 Å². The number of hydrogen-bond acceptors (Lipinski definition) is 5. The molecule has 7 nitrogen and oxygen atoms in total. The van der Waals surface area contributed by atoms with Gasteiger partial charge in [-0.1, -0.05) is 6.92 Å². The van der Waals surface area contributed by atoms with Crippen molar-refractivity contribution in [1.82, 2.24) is 10.6 Å². The number of urea groups is 1. The topological polar surface area (TPSA) is 103 Å². The summed E-state index contributed by atoms with van der Waals surface area (Å²) in [5.41, 5.74) is 5.86. The summed E-state index contributed by atoms with van der Waals surface area (Å²) >= 11 is 3.38. The van der Waals surface area contributed by atoms with Crippen LogP contribution in [-0.4, -0.2) is 32.2 Å². The molecule has 1 aromatic carbocycles. The van der Waals surface area contributed by atoms with Crippen LogP contribution in [-0.2, 0) is 11.3 Å². The van der Waals surface area contributed by atoms with E-state index in [4.69, 9.17) is 15.2 Å². The number of rotatable bonds is 7. The average molecular weight is 360 g/mol. The smallest absolute Gasteiger partial charge is 0.318 e. The number of primary amides is 1. The van der Waals surface area contributed by atoms with Crippen molar-refractivity contribution in [3.8, 4) is 11.5 Å². The van der Waals surface area contributed by atoms with Crippen LogP contribution in [0.4, 0.5) is 4.79 Å². The highest BCUT2D eigenvalue weighted by atomic mass is 79.9. The van der Waals surface area contributed by atoms with Crippen molar-refractivity contribution in [3.63, 3.8) is 0 Å². The second kappa shape index (κ2) is 8.48. The van der Waals surface area contributed by atoms with Crippen molar-refractivity contribution in [1.29, 1.82) is 0 Å². The second-order valence-electron chi connectivity index (χ2n) is 4.09. The maximum atomic E-state index is 11.3. The Balaban J connectivity index is 2.81. The van der Waals surface area contributed by atoms with Gasteiger partial charge in [-0.25, -0.2) is 4.79 Å². The number of nitrogens with one attached hydrogen (secondary N) is 2. The third-order valence-corrected chi connectivity index (χ3v) is 3.07. The number of nitrogens with two attached hydrogens (primary N) is 1. The lowest BCUT2D eigenvalue weighted by Crippen LogP contribution is -2.38. The summed E-state index contributed by atoms with van der Waals surface area (Å²) < 4.78 is 11.3. The molecule has 0 aromatic heterocycles. The molecule has 0 bridgehead atoms. The normalized spacial score (nSPS) is 10.0. The summed E-state index contributed by atoms with van der Waals surface area (Å²) in [5, 5.41) is 5.12. The molecule has 0 radical (unpaired) electrons. The number of ether oxygens (including phenoxy) is 2. The maximum Gasteiger partial charge on any atom is 0.318 e. The highest BCUT2D eigenvalue weighted by molar-refractivity contribution is 9.10. The van der Waals surface area contributed by atoms with Crippen molar-refractivity contribution in [2.45, 2.75) is 13.5 Å². The van der Waals surface area contributed by atoms with E-state index in [1.165, 1.54) is 7.11 Å². The quantitative estimate of drug-likeness (QED) is 0.677. The van der Waals surface area contributed by atoms with E-state index < -0.39 is 11.9 Å². The molecular formula is C13H18BrN3O4. The number of carbonyl (C=O) groups is 2. The van der Waals surface area contributed by atoms with Crippen molar-refractivity contribution >= 4 is 27.9 Å². The molecule has 0 aliphatic rings. The second-order valence-corrected chi connectivity index (χ2v) is 4.94. The van der Waals surface area contributed by atoms with E-state index in [2.05, 4.69) is 21.2 Å². The van der Waals surface area contributed by atoms with Crippen molar-refractivity contribution < 1.29 is 19.1 Å². The van der Waals surface area contributed by atoms with E-state index in [0.717, 1.165) is 12.1 Å². The van der Waals surface area contributed by atoms with Crippen molar-refractivity contribution in [2.24, 2.45) is 5.73 Å². The van der Waals surface area contributed by atoms with Gasteiger partial charge in [0.25, 0.3) is 5.91 Å². The van der Waals surface area contributed by atoms with Gasteiger partial charge in [0.05, 0.1) is 11.6 Å². The third kappa shape index (κ3) is 5.60. The Morgan fingerprint density at radius 2 is 2.10 bits per heavy atom. The maximum absolute atomic E-state index is 11.3. The fourth-order valence-electron chi connectivity index (χ4n) is 1.60. The van der Waals surface area contributed by atoms with E-state index in [9.17, 15) is 9.59 Å². The van der Waals surface area contributed by atoms with Crippen molar-refractivity contribution in [2.75, 3.05) is 20.3 Å². The molecule has 0 heterocycles. The summed E-state index contributed by atoms with van der Waals surface area (Å²) in [5.74, 6) is 0.245. The van der Waals surface area contributed by atoms with Gasteiger partial charge in [0.1, 0.15) is 0 Å². The predicted octanol–water partition coefficient (Wildman–Crippen LogP) is 1.14. The molecule has 116 valence electrons. The zero-order chi connectivity index (χ0) is 15.8. The summed E-state index contributed by atoms with van der Waals surface area (Å²) in [6.07, 6.45) is 0. The molecule has 0 saturated carbocycles. The number of benzene rings is 1. The molecular weight excluding hydrogens is 342 g/mol. The van der Waals surface area contributed by atoms with Crippen LogP contribution in [0, 0.1) is 0 Å². The van der Waals surface area contributed by atoms with Crippen LogP contribution in [0.2, 0.25) is 0 Å². The van der Waals surface area contributed by atoms with Crippen LogP contribution >= 0.6 is 15.9 Å². The number of methoxy groups -OCH3 is 1. The lowest BCUT2D eigenvalue weighted by atomic mass is 10.2. The SMILES string of the molecule is CCNCc1cc(Br)c(OCC(=O)NC(N)=O)c(OC)c1. The zero-order valence-corrected chi connectivity index (χ0v) is 13.5. The summed E-state index contributed by atoms with van der Waals surface area (Å²) in [4.78, 5) is 21.9. The minimum Gasteiger partial charge on any atom is -0.493 e. The minimum atomic E-state index is -0.921. The van der Waals surface area contributed by atoms with Gasteiger partial charge in [-0.3, -0.25) is 10.1 Å². The molecule has 0 aliphatic heterocycles. The molecule has 0 aliphatic carbocycles. The molecule has 0 unspecified atom stereocenters. The standard InChI is InChI=1S/C13H18BrN3O4/c1-3-16-6-8-4-9(14)12(10(5-8)20-2)21-7-11(18)17-13(15)19/h4-5,16H,3,6-7H2,1-2H3,(H3,15,17,18,19). The molecule has 4 N–H and O–H groups in total. The van der Waals surface area contributed by atoms with Gasteiger partial charge in [-0.05, 0) is 40.2 Å². The van der Waals surface area contributed by atoms with Gasteiger partial charge in [0.15, 0.2) is 18.1 Å². The van der Waals surface area contributed by atoms with E-state index in [1.807, 2.05) is 24.4 Å². The number of carbonyl (C=O) groups excluding carboxylic acids is 2. The molecule has 1 aromatic rings. The van der Waals surface area contributed by atoms with Crippen LogP contribution in [0.5, 0.6) is 11.5 Å². The Labute approximate surface area is 131 Å². The Bertz CT molecular complexity index is 522. The van der Waals surface area contributed by atoms with Crippen LogP contribution in [0.1, 0.15) is 12.5 Å². The average Bonchev–Trinajstić information content (AvgIpc) is 2.42. The zero-order valence-electron chi connectivity index (χ0n) is 11.9. The highest BCUT2D eigenvalue weighted by Crippen LogP contribution is 2.36. The predicted molar refractivity (Wildman–Crippen MR) is 81.3 cm³/mol. The van der Waals surface area contributed by atoms with E-state index >= 15 is 0 Å². The highest BCUT2D eigenvalue weighted by Gasteiger charge is 2.14. The summed E-state index contributed by atoms with van der Waals surface area (Å²) in [7, 11) is 1.51. The van der Waals surface area contributed by atoms with Gasteiger partial charge < -0.3 is 20.5 Å². The van der Waals surface area contributed by atoms with Gasteiger partial charge in [0, 0.05) is 6.54 Å². The summed E-state index contributed by atoms with van der Waals surface area (Å²) in [6.45, 7) is 3.21. The Kier molecular flexibility index (Phi) is 6.97. The van der Waals surface area contributed by atoms with Crippen LogP contribution in [0.3, 0.4) is 0 Å². The number of hydrogen-bond donors (Lipinski definition) is 3. The lowest BCUT2D eigenvalue weighted by molar-refractivity contribution is -0.121. The van der Waals surface area contributed by atoms with Crippen LogP contribution < -0.4 is 25.8 Å². The number of amides is 3. The third-order valence-electron chi connectivity index (χ3n) is 2.48. The first-order chi connectivity index (χ1) is 9.97. The van der Waals surface area contributed by atoms with E-state index in [0.29, 0.717) is 22.5 Å². The summed E-state index contributed by atoms with van der Waals surface area (Å²) in [6, 6.07) is 2.76. The first kappa shape index (κ1) is 17.3. The van der Waals surface area contributed by atoms with Gasteiger partial charge in [-0.15, -0.1) is 0 Å². The Hall–Kier alpha value is -1.80. The van der Waals surface area contributed by atoms with Crippen molar-refractivity contribution in [3.05, 3.63) is 22.2 Å². The minimum absolute atomic E-state index is 0.343. The molecule has 0 saturated heterocycles. The van der Waals surface area contributed by atoms with Gasteiger partial charge in [0.2, 0.25) is 0 Å². The first-order valence-corrected chi connectivity index (χ1v) is 7.06. The molecule has 3 amide bonds.